The molecule has 1 N–H and O–H groups in total. The second-order valence-corrected chi connectivity index (χ2v) is 7.41. The number of carbonyl (C=O) groups excluding carboxylic acids is 2. The predicted octanol–water partition coefficient (Wildman–Crippen LogP) is 1.35. The van der Waals surface area contributed by atoms with Gasteiger partial charge in [-0.2, -0.15) is 5.10 Å². The highest BCUT2D eigenvalue weighted by atomic mass is 16.5. The lowest BCUT2D eigenvalue weighted by atomic mass is 10.2. The van der Waals surface area contributed by atoms with Gasteiger partial charge in [-0.25, -0.2) is 4.98 Å². The normalized spacial score (nSPS) is 19.4. The van der Waals surface area contributed by atoms with E-state index in [9.17, 15) is 9.59 Å². The summed E-state index contributed by atoms with van der Waals surface area (Å²) in [6.45, 7) is 5.20. The minimum atomic E-state index is -0.185. The number of pyridine rings is 1. The Kier molecular flexibility index (Phi) is 5.30. The van der Waals surface area contributed by atoms with Crippen LogP contribution in [-0.2, 0) is 27.3 Å². The molecule has 0 aromatic carbocycles. The molecule has 4 rings (SSSR count). The van der Waals surface area contributed by atoms with Gasteiger partial charge in [-0.05, 0) is 26.0 Å². The molecule has 0 spiro atoms. The molecule has 0 radical (unpaired) electrons. The topological polar surface area (TPSA) is 93.8 Å². The third kappa shape index (κ3) is 4.62. The summed E-state index contributed by atoms with van der Waals surface area (Å²) >= 11 is 0. The average Bonchev–Trinajstić information content (AvgIpc) is 3.26. The van der Waals surface area contributed by atoms with Crippen molar-refractivity contribution in [1.82, 2.24) is 24.1 Å². The maximum atomic E-state index is 12.5. The number of anilines is 1. The molecule has 2 atom stereocenters. The zero-order valence-electron chi connectivity index (χ0n) is 16.5. The summed E-state index contributed by atoms with van der Waals surface area (Å²) in [6, 6.07) is 5.70. The number of morpholine rings is 1. The number of hydrogen-bond acceptors (Lipinski definition) is 5. The first-order chi connectivity index (χ1) is 14.0. The van der Waals surface area contributed by atoms with Crippen molar-refractivity contribution in [2.45, 2.75) is 39.0 Å². The maximum Gasteiger partial charge on any atom is 0.244 e. The Morgan fingerprint density at radius 3 is 2.76 bits per heavy atom. The molecule has 4 heterocycles. The second-order valence-electron chi connectivity index (χ2n) is 7.41. The van der Waals surface area contributed by atoms with Gasteiger partial charge in [-0.15, -0.1) is 0 Å². The van der Waals surface area contributed by atoms with Crippen LogP contribution in [0.3, 0.4) is 0 Å². The van der Waals surface area contributed by atoms with Crippen molar-refractivity contribution < 1.29 is 14.3 Å². The Morgan fingerprint density at radius 2 is 2.00 bits per heavy atom. The first-order valence-corrected chi connectivity index (χ1v) is 9.64. The molecule has 3 aromatic heterocycles. The number of amides is 2. The number of hydrogen-bond donors (Lipinski definition) is 1. The average molecular weight is 396 g/mol. The van der Waals surface area contributed by atoms with Crippen molar-refractivity contribution in [2.24, 2.45) is 0 Å². The molecule has 1 aliphatic rings. The summed E-state index contributed by atoms with van der Waals surface area (Å²) in [4.78, 5) is 31.1. The highest BCUT2D eigenvalue weighted by Gasteiger charge is 2.26. The first kappa shape index (κ1) is 19.1. The van der Waals surface area contributed by atoms with Gasteiger partial charge in [0.25, 0.3) is 0 Å². The third-order valence-electron chi connectivity index (χ3n) is 4.74. The van der Waals surface area contributed by atoms with E-state index in [0.29, 0.717) is 24.5 Å². The van der Waals surface area contributed by atoms with E-state index in [1.165, 1.54) is 4.68 Å². The molecule has 1 aliphatic heterocycles. The van der Waals surface area contributed by atoms with E-state index in [1.54, 1.807) is 17.3 Å². The van der Waals surface area contributed by atoms with Crippen molar-refractivity contribution in [1.29, 1.82) is 0 Å². The summed E-state index contributed by atoms with van der Waals surface area (Å²) < 4.78 is 9.07. The number of imidazole rings is 1. The summed E-state index contributed by atoms with van der Waals surface area (Å²) in [5, 5.41) is 6.99. The van der Waals surface area contributed by atoms with Gasteiger partial charge in [0.1, 0.15) is 12.2 Å². The molecule has 0 saturated carbocycles. The smallest absolute Gasteiger partial charge is 0.244 e. The molecule has 152 valence electrons. The minimum Gasteiger partial charge on any atom is -0.372 e. The molecular weight excluding hydrogens is 372 g/mol. The van der Waals surface area contributed by atoms with Gasteiger partial charge in [0, 0.05) is 31.7 Å². The van der Waals surface area contributed by atoms with Crippen molar-refractivity contribution in [3.8, 4) is 0 Å². The molecule has 29 heavy (non-hydrogen) atoms. The molecule has 3 aromatic rings. The SMILES string of the molecule is CC1CN(C(=O)Cn2cc(NC(=O)Cc3cn4ccccc4n3)cn2)CC(C)O1. The van der Waals surface area contributed by atoms with Crippen LogP contribution in [0.5, 0.6) is 0 Å². The first-order valence-electron chi connectivity index (χ1n) is 9.64. The van der Waals surface area contributed by atoms with Gasteiger partial charge in [0.2, 0.25) is 11.8 Å². The van der Waals surface area contributed by atoms with Crippen LogP contribution >= 0.6 is 0 Å². The molecule has 9 nitrogen and oxygen atoms in total. The molecule has 0 bridgehead atoms. The zero-order valence-corrected chi connectivity index (χ0v) is 16.5. The third-order valence-corrected chi connectivity index (χ3v) is 4.74. The summed E-state index contributed by atoms with van der Waals surface area (Å²) in [5.74, 6) is -0.201. The largest absolute Gasteiger partial charge is 0.372 e. The van der Waals surface area contributed by atoms with Crippen LogP contribution < -0.4 is 5.32 Å². The van der Waals surface area contributed by atoms with E-state index in [4.69, 9.17) is 4.74 Å². The van der Waals surface area contributed by atoms with E-state index in [0.717, 1.165) is 5.65 Å². The molecule has 1 saturated heterocycles. The lowest BCUT2D eigenvalue weighted by Crippen LogP contribution is -2.49. The Morgan fingerprint density at radius 1 is 1.21 bits per heavy atom. The molecular formula is C20H24N6O3. The Bertz CT molecular complexity index is 983. The fourth-order valence-corrected chi connectivity index (χ4v) is 3.58. The van der Waals surface area contributed by atoms with E-state index >= 15 is 0 Å². The number of fused-ring (bicyclic) bond motifs is 1. The van der Waals surface area contributed by atoms with Crippen molar-refractivity contribution >= 4 is 23.1 Å². The van der Waals surface area contributed by atoms with E-state index in [-0.39, 0.29) is 37.0 Å². The molecule has 9 heteroatoms. The monoisotopic (exact) mass is 396 g/mol. The quantitative estimate of drug-likeness (QED) is 0.703. The van der Waals surface area contributed by atoms with E-state index in [1.807, 2.05) is 48.8 Å². The fraction of sp³-hybridized carbons (Fsp3) is 0.400. The Hall–Kier alpha value is -3.20. The van der Waals surface area contributed by atoms with Crippen LogP contribution in [0.1, 0.15) is 19.5 Å². The zero-order chi connectivity index (χ0) is 20.4. The maximum absolute atomic E-state index is 12.5. The highest BCUT2D eigenvalue weighted by Crippen LogP contribution is 2.12. The lowest BCUT2D eigenvalue weighted by molar-refractivity contribution is -0.144. The minimum absolute atomic E-state index is 0.0160. The predicted molar refractivity (Wildman–Crippen MR) is 106 cm³/mol. The summed E-state index contributed by atoms with van der Waals surface area (Å²) in [5.41, 5.74) is 2.04. The van der Waals surface area contributed by atoms with Crippen LogP contribution in [0.25, 0.3) is 5.65 Å². The number of rotatable bonds is 5. The Labute approximate surface area is 168 Å². The van der Waals surface area contributed by atoms with Gasteiger partial charge in [0.05, 0.1) is 36.2 Å². The second kappa shape index (κ2) is 8.04. The summed E-state index contributed by atoms with van der Waals surface area (Å²) in [7, 11) is 0. The molecule has 0 aliphatic carbocycles. The van der Waals surface area contributed by atoms with Gasteiger partial charge in [0.15, 0.2) is 0 Å². The van der Waals surface area contributed by atoms with Crippen LogP contribution in [0, 0.1) is 0 Å². The summed E-state index contributed by atoms with van der Waals surface area (Å²) in [6.07, 6.45) is 7.13. The van der Waals surface area contributed by atoms with Gasteiger partial charge in [-0.3, -0.25) is 14.3 Å². The van der Waals surface area contributed by atoms with Gasteiger partial charge < -0.3 is 19.4 Å². The molecule has 2 amide bonds. The lowest BCUT2D eigenvalue weighted by Gasteiger charge is -2.35. The number of ether oxygens (including phenoxy) is 1. The molecule has 2 unspecified atom stereocenters. The Balaban J connectivity index is 1.32. The van der Waals surface area contributed by atoms with Crippen LogP contribution in [0.2, 0.25) is 0 Å². The van der Waals surface area contributed by atoms with Crippen molar-refractivity contribution in [3.63, 3.8) is 0 Å². The van der Waals surface area contributed by atoms with Gasteiger partial charge in [-0.1, -0.05) is 6.07 Å². The van der Waals surface area contributed by atoms with Crippen molar-refractivity contribution in [3.05, 3.63) is 48.7 Å². The molecule has 1 fully saturated rings. The van der Waals surface area contributed by atoms with Crippen LogP contribution in [0.4, 0.5) is 5.69 Å². The van der Waals surface area contributed by atoms with Crippen molar-refractivity contribution in [2.75, 3.05) is 18.4 Å². The van der Waals surface area contributed by atoms with Gasteiger partial charge >= 0.3 is 0 Å². The van der Waals surface area contributed by atoms with Crippen LogP contribution in [0.15, 0.2) is 43.0 Å². The fourth-order valence-electron chi connectivity index (χ4n) is 3.58. The standard InChI is InChI=1S/C20H24N6O3/c1-14-9-25(10-15(2)29-14)20(28)13-26-12-17(8-21-26)23-19(27)7-16-11-24-6-4-3-5-18(24)22-16/h3-6,8,11-12,14-15H,7,9-10,13H2,1-2H3,(H,23,27). The van der Waals surface area contributed by atoms with E-state index in [2.05, 4.69) is 15.4 Å². The number of nitrogens with one attached hydrogen (secondary N) is 1. The van der Waals surface area contributed by atoms with E-state index < -0.39 is 0 Å². The number of aromatic nitrogens is 4. The number of carbonyl (C=O) groups is 2. The van der Waals surface area contributed by atoms with Crippen LogP contribution in [-0.4, -0.2) is 61.2 Å². The highest BCUT2D eigenvalue weighted by molar-refractivity contribution is 5.91. The number of nitrogens with zero attached hydrogens (tertiary/aromatic N) is 5.